The summed E-state index contributed by atoms with van der Waals surface area (Å²) in [4.78, 5) is 14.2. The predicted octanol–water partition coefficient (Wildman–Crippen LogP) is 3.68. The molecule has 0 aliphatic carbocycles. The molecule has 0 saturated carbocycles. The van der Waals surface area contributed by atoms with Crippen molar-refractivity contribution in [1.29, 1.82) is 0 Å². The molecule has 2 nitrogen and oxygen atoms in total. The Morgan fingerprint density at radius 1 is 1.56 bits per heavy atom. The van der Waals surface area contributed by atoms with Crippen molar-refractivity contribution in [3.63, 3.8) is 0 Å². The zero-order chi connectivity index (χ0) is 11.7. The normalized spacial score (nSPS) is 20.2. The van der Waals surface area contributed by atoms with Gasteiger partial charge in [0.1, 0.15) is 0 Å². The van der Waals surface area contributed by atoms with Crippen LogP contribution in [0.25, 0.3) is 0 Å². The van der Waals surface area contributed by atoms with Gasteiger partial charge in [-0.05, 0) is 76.5 Å². The lowest BCUT2D eigenvalue weighted by Gasteiger charge is -2.22. The van der Waals surface area contributed by atoms with Gasteiger partial charge in [0.05, 0.1) is 5.56 Å². The molecule has 1 aliphatic rings. The average molecular weight is 394 g/mol. The molecule has 1 heterocycles. The molecule has 0 spiro atoms. The van der Waals surface area contributed by atoms with Gasteiger partial charge in [-0.3, -0.25) is 4.79 Å². The van der Waals surface area contributed by atoms with Crippen molar-refractivity contribution in [3.05, 3.63) is 31.8 Å². The van der Waals surface area contributed by atoms with E-state index >= 15 is 0 Å². The lowest BCUT2D eigenvalue weighted by atomic mass is 10.2. The van der Waals surface area contributed by atoms with E-state index < -0.39 is 0 Å². The van der Waals surface area contributed by atoms with Crippen molar-refractivity contribution in [2.75, 3.05) is 6.54 Å². The molecular weight excluding hydrogens is 381 g/mol. The van der Waals surface area contributed by atoms with Crippen LogP contribution in [0.5, 0.6) is 0 Å². The van der Waals surface area contributed by atoms with Crippen LogP contribution in [0.3, 0.4) is 0 Å². The highest BCUT2D eigenvalue weighted by atomic mass is 127. The Morgan fingerprint density at radius 2 is 2.31 bits per heavy atom. The smallest absolute Gasteiger partial charge is 0.255 e. The van der Waals surface area contributed by atoms with Crippen LogP contribution in [0.15, 0.2) is 22.7 Å². The second kappa shape index (κ2) is 5.04. The first-order chi connectivity index (χ1) is 7.59. The molecule has 1 aromatic carbocycles. The van der Waals surface area contributed by atoms with Crippen LogP contribution >= 0.6 is 38.5 Å². The molecule has 1 aliphatic heterocycles. The Bertz CT molecular complexity index is 421. The van der Waals surface area contributed by atoms with E-state index in [-0.39, 0.29) is 5.91 Å². The number of rotatable bonds is 1. The Morgan fingerprint density at radius 3 is 2.88 bits per heavy atom. The second-order valence-electron chi connectivity index (χ2n) is 4.11. The number of halogens is 2. The molecule has 1 saturated heterocycles. The van der Waals surface area contributed by atoms with Crippen molar-refractivity contribution in [1.82, 2.24) is 4.90 Å². The van der Waals surface area contributed by atoms with Crippen LogP contribution in [0.1, 0.15) is 30.1 Å². The molecule has 0 bridgehead atoms. The first-order valence-electron chi connectivity index (χ1n) is 5.35. The summed E-state index contributed by atoms with van der Waals surface area (Å²) < 4.78 is 2.03. The Kier molecular flexibility index (Phi) is 3.89. The predicted molar refractivity (Wildman–Crippen MR) is 76.6 cm³/mol. The third-order valence-corrected chi connectivity index (χ3v) is 4.30. The lowest BCUT2D eigenvalue weighted by Crippen LogP contribution is -2.33. The number of carbonyl (C=O) groups excluding carboxylic acids is 1. The summed E-state index contributed by atoms with van der Waals surface area (Å²) in [7, 11) is 0. The number of carbonyl (C=O) groups is 1. The van der Waals surface area contributed by atoms with Crippen molar-refractivity contribution < 1.29 is 4.79 Å². The first kappa shape index (κ1) is 12.4. The van der Waals surface area contributed by atoms with Crippen LogP contribution in [0.4, 0.5) is 0 Å². The van der Waals surface area contributed by atoms with E-state index in [1.807, 2.05) is 23.1 Å². The van der Waals surface area contributed by atoms with Crippen LogP contribution < -0.4 is 0 Å². The minimum absolute atomic E-state index is 0.147. The molecule has 86 valence electrons. The van der Waals surface area contributed by atoms with Crippen LogP contribution in [0.2, 0.25) is 0 Å². The molecule has 1 atom stereocenters. The van der Waals surface area contributed by atoms with E-state index in [4.69, 9.17) is 0 Å². The first-order valence-corrected chi connectivity index (χ1v) is 7.23. The number of hydrogen-bond acceptors (Lipinski definition) is 1. The Hall–Kier alpha value is -0.100. The molecule has 1 unspecified atom stereocenters. The maximum atomic E-state index is 12.3. The molecule has 4 heteroatoms. The highest BCUT2D eigenvalue weighted by Crippen LogP contribution is 2.25. The Balaban J connectivity index is 2.27. The van der Waals surface area contributed by atoms with Gasteiger partial charge in [-0.1, -0.05) is 0 Å². The van der Waals surface area contributed by atoms with Crippen molar-refractivity contribution in [3.8, 4) is 0 Å². The summed E-state index contributed by atoms with van der Waals surface area (Å²) in [6, 6.07) is 6.23. The number of hydrogen-bond donors (Lipinski definition) is 0. The van der Waals surface area contributed by atoms with E-state index in [9.17, 15) is 4.79 Å². The molecule has 0 aromatic heterocycles. The van der Waals surface area contributed by atoms with E-state index in [2.05, 4.69) is 45.4 Å². The molecule has 0 radical (unpaired) electrons. The largest absolute Gasteiger partial charge is 0.336 e. The fourth-order valence-corrected chi connectivity index (χ4v) is 3.52. The van der Waals surface area contributed by atoms with Crippen molar-refractivity contribution >= 4 is 44.4 Å². The molecule has 1 aromatic rings. The summed E-state index contributed by atoms with van der Waals surface area (Å²) >= 11 is 5.71. The highest BCUT2D eigenvalue weighted by molar-refractivity contribution is 14.1. The van der Waals surface area contributed by atoms with Gasteiger partial charge in [-0.2, -0.15) is 0 Å². The topological polar surface area (TPSA) is 20.3 Å². The van der Waals surface area contributed by atoms with Gasteiger partial charge in [0.25, 0.3) is 5.91 Å². The molecule has 1 fully saturated rings. The molecular formula is C12H13BrINO. The summed E-state index contributed by atoms with van der Waals surface area (Å²) in [5, 5.41) is 0. The zero-order valence-electron chi connectivity index (χ0n) is 9.04. The molecule has 1 amide bonds. The fraction of sp³-hybridized carbons (Fsp3) is 0.417. The monoisotopic (exact) mass is 393 g/mol. The minimum Gasteiger partial charge on any atom is -0.336 e. The number of nitrogens with zero attached hydrogens (tertiary/aromatic N) is 1. The molecule has 2 rings (SSSR count). The fourth-order valence-electron chi connectivity index (χ4n) is 2.05. The van der Waals surface area contributed by atoms with Crippen molar-refractivity contribution in [2.45, 2.75) is 25.8 Å². The van der Waals surface area contributed by atoms with E-state index in [0.717, 1.165) is 33.0 Å². The number of benzene rings is 1. The summed E-state index contributed by atoms with van der Waals surface area (Å²) in [5.74, 6) is 0.147. The summed E-state index contributed by atoms with van der Waals surface area (Å²) in [6.07, 6.45) is 2.24. The van der Waals surface area contributed by atoms with E-state index in [0.29, 0.717) is 6.04 Å². The maximum Gasteiger partial charge on any atom is 0.255 e. The number of likely N-dealkylation sites (tertiary alicyclic amines) is 1. The maximum absolute atomic E-state index is 12.3. The van der Waals surface area contributed by atoms with Gasteiger partial charge >= 0.3 is 0 Å². The quantitative estimate of drug-likeness (QED) is 0.666. The number of amides is 1. The second-order valence-corrected chi connectivity index (χ2v) is 6.21. The highest BCUT2D eigenvalue weighted by Gasteiger charge is 2.26. The van der Waals surface area contributed by atoms with Gasteiger partial charge in [-0.15, -0.1) is 0 Å². The third kappa shape index (κ3) is 2.42. The lowest BCUT2D eigenvalue weighted by molar-refractivity contribution is 0.0746. The summed E-state index contributed by atoms with van der Waals surface area (Å²) in [6.45, 7) is 3.00. The molecule has 0 N–H and O–H groups in total. The third-order valence-electron chi connectivity index (χ3n) is 2.98. The van der Waals surface area contributed by atoms with Crippen molar-refractivity contribution in [2.24, 2.45) is 0 Å². The van der Waals surface area contributed by atoms with Crippen LogP contribution in [-0.2, 0) is 0 Å². The minimum atomic E-state index is 0.147. The van der Waals surface area contributed by atoms with Gasteiger partial charge < -0.3 is 4.90 Å². The standard InChI is InChI=1S/C12H13BrINO/c1-8-3-2-6-15(8)12(16)10-5-4-9(14)7-11(10)13/h4-5,7-8H,2-3,6H2,1H3. The van der Waals surface area contributed by atoms with Gasteiger partial charge in [0.15, 0.2) is 0 Å². The Labute approximate surface area is 118 Å². The van der Waals surface area contributed by atoms with Crippen LogP contribution in [-0.4, -0.2) is 23.4 Å². The van der Waals surface area contributed by atoms with Crippen LogP contribution in [0, 0.1) is 3.57 Å². The van der Waals surface area contributed by atoms with E-state index in [1.54, 1.807) is 0 Å². The average Bonchev–Trinajstić information content (AvgIpc) is 2.63. The summed E-state index contributed by atoms with van der Waals surface area (Å²) in [5.41, 5.74) is 0.772. The van der Waals surface area contributed by atoms with Gasteiger partial charge in [0, 0.05) is 20.6 Å². The van der Waals surface area contributed by atoms with Gasteiger partial charge in [-0.25, -0.2) is 0 Å². The van der Waals surface area contributed by atoms with E-state index in [1.165, 1.54) is 0 Å². The SMILES string of the molecule is CC1CCCN1C(=O)c1ccc(I)cc1Br. The molecule has 16 heavy (non-hydrogen) atoms. The van der Waals surface area contributed by atoms with Gasteiger partial charge in [0.2, 0.25) is 0 Å². The zero-order valence-corrected chi connectivity index (χ0v) is 12.8.